The predicted octanol–water partition coefficient (Wildman–Crippen LogP) is 3.10. The molecule has 0 aliphatic rings. The van der Waals surface area contributed by atoms with Crippen LogP contribution in [0.15, 0.2) is 53.7 Å². The number of esters is 2. The number of nitrogens with one attached hydrogen (secondary N) is 1. The topological polar surface area (TPSA) is 114 Å². The van der Waals surface area contributed by atoms with Crippen LogP contribution in [0.3, 0.4) is 0 Å². The molecule has 0 heterocycles. The van der Waals surface area contributed by atoms with Crippen molar-refractivity contribution in [1.82, 2.24) is 5.32 Å². The van der Waals surface area contributed by atoms with Crippen LogP contribution in [0.4, 0.5) is 0 Å². The van der Waals surface area contributed by atoms with E-state index in [1.807, 2.05) is 48.5 Å². The molecule has 0 saturated heterocycles. The van der Waals surface area contributed by atoms with E-state index in [-0.39, 0.29) is 19.1 Å². The van der Waals surface area contributed by atoms with Gasteiger partial charge >= 0.3 is 11.9 Å². The number of amides is 1. The standard InChI is InChI=1S/C24H28N2O6/c1-17(27)26-24(15-31-18(2)28,16-32-19(3)29)13-12-20-4-8-22(9-5-20)23-10-6-21(7-11-23)14-25-30/h4-11,14,30H,12-13,15-16H2,1-3H3,(H,26,27). The molecule has 0 saturated carbocycles. The van der Waals surface area contributed by atoms with E-state index < -0.39 is 17.5 Å². The van der Waals surface area contributed by atoms with Gasteiger partial charge in [0.1, 0.15) is 18.8 Å². The monoisotopic (exact) mass is 440 g/mol. The van der Waals surface area contributed by atoms with E-state index in [1.165, 1.54) is 27.0 Å². The first-order chi connectivity index (χ1) is 15.2. The summed E-state index contributed by atoms with van der Waals surface area (Å²) in [5.41, 5.74) is 2.82. The molecule has 2 rings (SSSR count). The quantitative estimate of drug-likeness (QED) is 0.254. The fourth-order valence-electron chi connectivity index (χ4n) is 3.25. The van der Waals surface area contributed by atoms with Crippen molar-refractivity contribution in [3.63, 3.8) is 0 Å². The summed E-state index contributed by atoms with van der Waals surface area (Å²) in [4.78, 5) is 34.5. The maximum Gasteiger partial charge on any atom is 0.302 e. The van der Waals surface area contributed by atoms with Gasteiger partial charge in [0.2, 0.25) is 5.91 Å². The molecule has 0 radical (unpaired) electrons. The maximum absolute atomic E-state index is 11.8. The molecule has 2 aromatic rings. The molecular weight excluding hydrogens is 412 g/mol. The van der Waals surface area contributed by atoms with E-state index in [9.17, 15) is 14.4 Å². The number of oxime groups is 1. The lowest BCUT2D eigenvalue weighted by Crippen LogP contribution is -2.55. The average molecular weight is 440 g/mol. The number of hydrogen-bond donors (Lipinski definition) is 2. The Kier molecular flexibility index (Phi) is 8.95. The van der Waals surface area contributed by atoms with Crippen LogP contribution in [0, 0.1) is 0 Å². The predicted molar refractivity (Wildman–Crippen MR) is 119 cm³/mol. The van der Waals surface area contributed by atoms with E-state index in [0.717, 1.165) is 22.3 Å². The number of carbonyl (C=O) groups is 3. The molecular formula is C24H28N2O6. The molecule has 0 unspecified atom stereocenters. The summed E-state index contributed by atoms with van der Waals surface area (Å²) < 4.78 is 10.3. The van der Waals surface area contributed by atoms with Crippen LogP contribution in [-0.4, -0.2) is 48.0 Å². The molecule has 2 N–H and O–H groups in total. The second-order valence-electron chi connectivity index (χ2n) is 7.59. The Hall–Kier alpha value is -3.68. The zero-order chi connectivity index (χ0) is 23.6. The van der Waals surface area contributed by atoms with E-state index in [2.05, 4.69) is 10.5 Å². The largest absolute Gasteiger partial charge is 0.463 e. The molecule has 0 bridgehead atoms. The number of carbonyl (C=O) groups excluding carboxylic acids is 3. The summed E-state index contributed by atoms with van der Waals surface area (Å²) in [6.07, 6.45) is 2.33. The summed E-state index contributed by atoms with van der Waals surface area (Å²) in [5, 5.41) is 14.4. The molecule has 8 nitrogen and oxygen atoms in total. The number of rotatable bonds is 10. The third-order valence-corrected chi connectivity index (χ3v) is 4.84. The molecule has 0 aromatic heterocycles. The van der Waals surface area contributed by atoms with Crippen LogP contribution in [0.2, 0.25) is 0 Å². The minimum absolute atomic E-state index is 0.100. The van der Waals surface area contributed by atoms with Crippen molar-refractivity contribution in [3.8, 4) is 11.1 Å². The first-order valence-electron chi connectivity index (χ1n) is 10.2. The fraction of sp³-hybridized carbons (Fsp3) is 0.333. The lowest BCUT2D eigenvalue weighted by Gasteiger charge is -2.33. The van der Waals surface area contributed by atoms with Crippen molar-refractivity contribution in [1.29, 1.82) is 0 Å². The lowest BCUT2D eigenvalue weighted by molar-refractivity contribution is -0.150. The summed E-state index contributed by atoms with van der Waals surface area (Å²) >= 11 is 0. The third-order valence-electron chi connectivity index (χ3n) is 4.84. The van der Waals surface area contributed by atoms with Gasteiger partial charge < -0.3 is 20.0 Å². The van der Waals surface area contributed by atoms with Gasteiger partial charge in [-0.3, -0.25) is 14.4 Å². The summed E-state index contributed by atoms with van der Waals surface area (Å²) in [6, 6.07) is 15.5. The van der Waals surface area contributed by atoms with Crippen molar-refractivity contribution < 1.29 is 29.1 Å². The van der Waals surface area contributed by atoms with E-state index in [0.29, 0.717) is 12.8 Å². The second kappa shape index (κ2) is 11.6. The molecule has 0 aliphatic carbocycles. The minimum atomic E-state index is -1.02. The zero-order valence-corrected chi connectivity index (χ0v) is 18.5. The molecule has 0 spiro atoms. The number of aryl methyl sites for hydroxylation is 1. The first kappa shape index (κ1) is 24.6. The van der Waals surface area contributed by atoms with Crippen molar-refractivity contribution in [3.05, 3.63) is 59.7 Å². The number of ether oxygens (including phenoxy) is 2. The van der Waals surface area contributed by atoms with Crippen molar-refractivity contribution in [2.45, 2.75) is 39.2 Å². The van der Waals surface area contributed by atoms with Crippen molar-refractivity contribution in [2.75, 3.05) is 13.2 Å². The molecule has 170 valence electrons. The minimum Gasteiger partial charge on any atom is -0.463 e. The Morgan fingerprint density at radius 3 is 1.84 bits per heavy atom. The Balaban J connectivity index is 2.14. The van der Waals surface area contributed by atoms with E-state index in [4.69, 9.17) is 14.7 Å². The number of nitrogens with zero attached hydrogens (tertiary/aromatic N) is 1. The summed E-state index contributed by atoms with van der Waals surface area (Å²) in [6.45, 7) is 3.73. The van der Waals surface area contributed by atoms with Gasteiger partial charge in [-0.05, 0) is 35.1 Å². The van der Waals surface area contributed by atoms with E-state index in [1.54, 1.807) is 0 Å². The normalized spacial score (nSPS) is 11.2. The highest BCUT2D eigenvalue weighted by Crippen LogP contribution is 2.22. The molecule has 1 amide bonds. The van der Waals surface area contributed by atoms with Crippen LogP contribution in [0.5, 0.6) is 0 Å². The van der Waals surface area contributed by atoms with Gasteiger partial charge in [-0.15, -0.1) is 0 Å². The number of hydrogen-bond acceptors (Lipinski definition) is 7. The van der Waals surface area contributed by atoms with Crippen LogP contribution in [0.25, 0.3) is 11.1 Å². The van der Waals surface area contributed by atoms with Gasteiger partial charge in [0.05, 0.1) is 6.21 Å². The van der Waals surface area contributed by atoms with Gasteiger partial charge in [0, 0.05) is 20.8 Å². The zero-order valence-electron chi connectivity index (χ0n) is 18.5. The Morgan fingerprint density at radius 1 is 0.906 bits per heavy atom. The Labute approximate surface area is 187 Å². The van der Waals surface area contributed by atoms with E-state index >= 15 is 0 Å². The van der Waals surface area contributed by atoms with Crippen molar-refractivity contribution in [2.24, 2.45) is 5.16 Å². The smallest absolute Gasteiger partial charge is 0.302 e. The Bertz CT molecular complexity index is 933. The molecule has 2 aromatic carbocycles. The van der Waals surface area contributed by atoms with Gasteiger partial charge in [-0.1, -0.05) is 53.7 Å². The van der Waals surface area contributed by atoms with Crippen LogP contribution in [-0.2, 0) is 30.3 Å². The summed E-state index contributed by atoms with van der Waals surface area (Å²) in [5.74, 6) is -1.28. The van der Waals surface area contributed by atoms with Gasteiger partial charge in [0.25, 0.3) is 0 Å². The molecule has 32 heavy (non-hydrogen) atoms. The highest BCUT2D eigenvalue weighted by Gasteiger charge is 2.34. The molecule has 0 fully saturated rings. The Morgan fingerprint density at radius 2 is 1.41 bits per heavy atom. The molecule has 0 atom stereocenters. The maximum atomic E-state index is 11.8. The van der Waals surface area contributed by atoms with Gasteiger partial charge in [-0.2, -0.15) is 0 Å². The lowest BCUT2D eigenvalue weighted by atomic mass is 9.91. The van der Waals surface area contributed by atoms with Gasteiger partial charge in [-0.25, -0.2) is 0 Å². The fourth-order valence-corrected chi connectivity index (χ4v) is 3.25. The number of benzene rings is 2. The first-order valence-corrected chi connectivity index (χ1v) is 10.2. The second-order valence-corrected chi connectivity index (χ2v) is 7.59. The van der Waals surface area contributed by atoms with Crippen molar-refractivity contribution >= 4 is 24.1 Å². The van der Waals surface area contributed by atoms with Crippen LogP contribution >= 0.6 is 0 Å². The van der Waals surface area contributed by atoms with Crippen LogP contribution < -0.4 is 5.32 Å². The third kappa shape index (κ3) is 7.86. The molecule has 0 aliphatic heterocycles. The SMILES string of the molecule is CC(=O)NC(CCc1ccc(-c2ccc(C=NO)cc2)cc1)(COC(C)=O)COC(C)=O. The molecule has 8 heteroatoms. The highest BCUT2D eigenvalue weighted by molar-refractivity contribution is 5.80. The highest BCUT2D eigenvalue weighted by atomic mass is 16.5. The van der Waals surface area contributed by atoms with Gasteiger partial charge in [0.15, 0.2) is 0 Å². The van der Waals surface area contributed by atoms with Crippen LogP contribution in [0.1, 0.15) is 38.3 Å². The summed E-state index contributed by atoms with van der Waals surface area (Å²) in [7, 11) is 0. The average Bonchev–Trinajstić information content (AvgIpc) is 2.75.